The molecule has 1 N–H and O–H groups in total. The molecular weight excluding hydrogens is 342 g/mol. The van der Waals surface area contributed by atoms with Gasteiger partial charge in [-0.05, 0) is 24.5 Å². The highest BCUT2D eigenvalue weighted by atomic mass is 16.5. The van der Waals surface area contributed by atoms with Gasteiger partial charge in [-0.2, -0.15) is 0 Å². The molecule has 1 aromatic heterocycles. The smallest absolute Gasteiger partial charge is 0.321 e. The zero-order valence-electron chi connectivity index (χ0n) is 15.8. The maximum atomic E-state index is 12.4. The Morgan fingerprint density at radius 1 is 1.26 bits per heavy atom. The molecule has 1 aliphatic heterocycles. The van der Waals surface area contributed by atoms with Gasteiger partial charge in [-0.15, -0.1) is 0 Å². The molecule has 0 saturated carbocycles. The topological polar surface area (TPSA) is 63.7 Å². The first-order valence-electron chi connectivity index (χ1n) is 9.42. The minimum Gasteiger partial charge on any atom is -0.477 e. The van der Waals surface area contributed by atoms with Crippen molar-refractivity contribution in [3.05, 3.63) is 54.2 Å². The SMILES string of the molecule is COCC1CCCN(C(=O)Nc2ccc(OCCc3ccccc3)nc2)C1. The van der Waals surface area contributed by atoms with Gasteiger partial charge in [0.2, 0.25) is 5.88 Å². The van der Waals surface area contributed by atoms with Gasteiger partial charge in [0.25, 0.3) is 0 Å². The molecule has 2 heterocycles. The highest BCUT2D eigenvalue weighted by Gasteiger charge is 2.23. The number of carbonyl (C=O) groups excluding carboxylic acids is 1. The number of hydrogen-bond acceptors (Lipinski definition) is 4. The summed E-state index contributed by atoms with van der Waals surface area (Å²) in [5.74, 6) is 0.968. The van der Waals surface area contributed by atoms with Crippen molar-refractivity contribution in [2.24, 2.45) is 5.92 Å². The van der Waals surface area contributed by atoms with Crippen LogP contribution in [-0.4, -0.2) is 49.3 Å². The van der Waals surface area contributed by atoms with Crippen LogP contribution in [0.3, 0.4) is 0 Å². The van der Waals surface area contributed by atoms with Crippen LogP contribution in [0.15, 0.2) is 48.7 Å². The predicted octanol–water partition coefficient (Wildman–Crippen LogP) is 3.59. The number of methoxy groups -OCH3 is 1. The van der Waals surface area contributed by atoms with Crippen molar-refractivity contribution in [2.45, 2.75) is 19.3 Å². The average Bonchev–Trinajstić information content (AvgIpc) is 2.71. The lowest BCUT2D eigenvalue weighted by atomic mass is 9.99. The largest absolute Gasteiger partial charge is 0.477 e. The summed E-state index contributed by atoms with van der Waals surface area (Å²) in [6.07, 6.45) is 4.58. The van der Waals surface area contributed by atoms with Crippen LogP contribution in [0.2, 0.25) is 0 Å². The van der Waals surface area contributed by atoms with E-state index in [1.54, 1.807) is 19.4 Å². The van der Waals surface area contributed by atoms with E-state index in [9.17, 15) is 4.79 Å². The van der Waals surface area contributed by atoms with E-state index in [4.69, 9.17) is 9.47 Å². The zero-order chi connectivity index (χ0) is 18.9. The number of benzene rings is 1. The summed E-state index contributed by atoms with van der Waals surface area (Å²) in [5, 5.41) is 2.91. The van der Waals surface area contributed by atoms with E-state index in [1.165, 1.54) is 5.56 Å². The summed E-state index contributed by atoms with van der Waals surface area (Å²) in [4.78, 5) is 18.6. The molecule has 0 aliphatic carbocycles. The molecule has 0 radical (unpaired) electrons. The molecule has 1 unspecified atom stereocenters. The van der Waals surface area contributed by atoms with Crippen LogP contribution < -0.4 is 10.1 Å². The molecule has 0 spiro atoms. The normalized spacial score (nSPS) is 16.8. The molecule has 27 heavy (non-hydrogen) atoms. The van der Waals surface area contributed by atoms with Crippen LogP contribution >= 0.6 is 0 Å². The Hall–Kier alpha value is -2.60. The predicted molar refractivity (Wildman–Crippen MR) is 105 cm³/mol. The summed E-state index contributed by atoms with van der Waals surface area (Å²) in [6, 6.07) is 13.7. The van der Waals surface area contributed by atoms with Crippen molar-refractivity contribution in [3.8, 4) is 5.88 Å². The fraction of sp³-hybridized carbons (Fsp3) is 0.429. The van der Waals surface area contributed by atoms with Crippen LogP contribution in [-0.2, 0) is 11.2 Å². The number of pyridine rings is 1. The minimum atomic E-state index is -0.0876. The summed E-state index contributed by atoms with van der Waals surface area (Å²) < 4.78 is 10.9. The average molecular weight is 369 g/mol. The van der Waals surface area contributed by atoms with E-state index in [0.29, 0.717) is 30.7 Å². The molecule has 0 bridgehead atoms. The van der Waals surface area contributed by atoms with E-state index in [0.717, 1.165) is 32.4 Å². The molecule has 2 amide bonds. The Kier molecular flexibility index (Phi) is 7.04. The molecule has 6 heteroatoms. The van der Waals surface area contributed by atoms with E-state index in [-0.39, 0.29) is 6.03 Å². The molecular formula is C21H27N3O3. The molecule has 1 fully saturated rings. The third kappa shape index (κ3) is 5.96. The Labute approximate surface area is 160 Å². The molecule has 1 aromatic carbocycles. The van der Waals surface area contributed by atoms with Gasteiger partial charge in [-0.1, -0.05) is 30.3 Å². The second-order valence-corrected chi connectivity index (χ2v) is 6.81. The van der Waals surface area contributed by atoms with Gasteiger partial charge in [0.05, 0.1) is 25.1 Å². The summed E-state index contributed by atoms with van der Waals surface area (Å²) in [5.41, 5.74) is 1.90. The number of carbonyl (C=O) groups is 1. The van der Waals surface area contributed by atoms with Gasteiger partial charge >= 0.3 is 6.03 Å². The standard InChI is InChI=1S/C21H27N3O3/c1-26-16-18-8-5-12-24(15-18)21(25)23-19-9-10-20(22-14-19)27-13-11-17-6-3-2-4-7-17/h2-4,6-7,9-10,14,18H,5,8,11-13,15-16H2,1H3,(H,23,25). The van der Waals surface area contributed by atoms with Crippen molar-refractivity contribution in [1.29, 1.82) is 0 Å². The quantitative estimate of drug-likeness (QED) is 0.810. The first kappa shape index (κ1) is 19.2. The fourth-order valence-electron chi connectivity index (χ4n) is 3.28. The number of anilines is 1. The summed E-state index contributed by atoms with van der Waals surface area (Å²) in [6.45, 7) is 2.77. The first-order chi connectivity index (χ1) is 13.2. The summed E-state index contributed by atoms with van der Waals surface area (Å²) >= 11 is 0. The van der Waals surface area contributed by atoms with Crippen LogP contribution in [0.5, 0.6) is 5.88 Å². The van der Waals surface area contributed by atoms with Gasteiger partial charge in [0.1, 0.15) is 0 Å². The van der Waals surface area contributed by atoms with Gasteiger partial charge in [0, 0.05) is 38.6 Å². The number of aromatic nitrogens is 1. The van der Waals surface area contributed by atoms with Crippen LogP contribution in [0, 0.1) is 5.92 Å². The number of piperidine rings is 1. The van der Waals surface area contributed by atoms with Gasteiger partial charge in [-0.3, -0.25) is 0 Å². The number of nitrogens with one attached hydrogen (secondary N) is 1. The van der Waals surface area contributed by atoms with Crippen molar-refractivity contribution in [2.75, 3.05) is 38.7 Å². The summed E-state index contributed by atoms with van der Waals surface area (Å²) in [7, 11) is 1.70. The number of nitrogens with zero attached hydrogens (tertiary/aromatic N) is 2. The fourth-order valence-corrected chi connectivity index (χ4v) is 3.28. The van der Waals surface area contributed by atoms with Crippen LogP contribution in [0.25, 0.3) is 0 Å². The number of rotatable bonds is 7. The lowest BCUT2D eigenvalue weighted by Crippen LogP contribution is -2.43. The van der Waals surface area contributed by atoms with Crippen LogP contribution in [0.1, 0.15) is 18.4 Å². The van der Waals surface area contributed by atoms with Crippen molar-refractivity contribution >= 4 is 11.7 Å². The third-order valence-electron chi connectivity index (χ3n) is 4.68. The van der Waals surface area contributed by atoms with Gasteiger partial charge in [-0.25, -0.2) is 9.78 Å². The maximum Gasteiger partial charge on any atom is 0.321 e. The number of likely N-dealkylation sites (tertiary alicyclic amines) is 1. The number of amides is 2. The minimum absolute atomic E-state index is 0.0876. The lowest BCUT2D eigenvalue weighted by molar-refractivity contribution is 0.104. The number of urea groups is 1. The van der Waals surface area contributed by atoms with Gasteiger partial charge in [0.15, 0.2) is 0 Å². The zero-order valence-corrected chi connectivity index (χ0v) is 15.8. The Morgan fingerprint density at radius 3 is 2.85 bits per heavy atom. The molecule has 6 nitrogen and oxygen atoms in total. The van der Waals surface area contributed by atoms with Crippen LogP contribution in [0.4, 0.5) is 10.5 Å². The van der Waals surface area contributed by atoms with E-state index in [1.807, 2.05) is 29.2 Å². The molecule has 2 aromatic rings. The van der Waals surface area contributed by atoms with Crippen molar-refractivity contribution < 1.29 is 14.3 Å². The van der Waals surface area contributed by atoms with E-state index in [2.05, 4.69) is 22.4 Å². The monoisotopic (exact) mass is 369 g/mol. The molecule has 1 saturated heterocycles. The van der Waals surface area contributed by atoms with E-state index < -0.39 is 0 Å². The second-order valence-electron chi connectivity index (χ2n) is 6.81. The maximum absolute atomic E-state index is 12.4. The van der Waals surface area contributed by atoms with E-state index >= 15 is 0 Å². The highest BCUT2D eigenvalue weighted by molar-refractivity contribution is 5.89. The Balaban J connectivity index is 1.45. The molecule has 3 rings (SSSR count). The van der Waals surface area contributed by atoms with Crippen molar-refractivity contribution in [1.82, 2.24) is 9.88 Å². The van der Waals surface area contributed by atoms with Gasteiger partial charge < -0.3 is 19.7 Å². The molecule has 1 aliphatic rings. The highest BCUT2D eigenvalue weighted by Crippen LogP contribution is 2.18. The lowest BCUT2D eigenvalue weighted by Gasteiger charge is -2.32. The number of hydrogen-bond donors (Lipinski definition) is 1. The Morgan fingerprint density at radius 2 is 2.11 bits per heavy atom. The van der Waals surface area contributed by atoms with Crippen molar-refractivity contribution in [3.63, 3.8) is 0 Å². The molecule has 1 atom stereocenters. The number of ether oxygens (including phenoxy) is 2. The Bertz CT molecular complexity index is 704. The third-order valence-corrected chi connectivity index (χ3v) is 4.68. The molecule has 144 valence electrons. The second kappa shape index (κ2) is 9.92. The first-order valence-corrected chi connectivity index (χ1v) is 9.42.